The number of alkyl halides is 3. The van der Waals surface area contributed by atoms with Crippen molar-refractivity contribution < 1.29 is 18.0 Å². The molecule has 3 heterocycles. The molecule has 1 aromatic carbocycles. The van der Waals surface area contributed by atoms with E-state index in [0.717, 1.165) is 16.7 Å². The summed E-state index contributed by atoms with van der Waals surface area (Å²) in [6, 6.07) is 6.03. The lowest BCUT2D eigenvalue weighted by molar-refractivity contribution is -0.136. The fourth-order valence-corrected chi connectivity index (χ4v) is 4.57. The molecule has 30 heavy (non-hydrogen) atoms. The molecule has 7 nitrogen and oxygen atoms in total. The van der Waals surface area contributed by atoms with Crippen LogP contribution < -0.4 is 10.9 Å². The van der Waals surface area contributed by atoms with Gasteiger partial charge in [-0.25, -0.2) is 0 Å². The van der Waals surface area contributed by atoms with Crippen LogP contribution in [0.1, 0.15) is 5.56 Å². The Labute approximate surface area is 178 Å². The number of anilines is 1. The Morgan fingerprint density at radius 2 is 1.90 bits per heavy atom. The molecule has 0 aliphatic heterocycles. The van der Waals surface area contributed by atoms with Gasteiger partial charge in [-0.2, -0.15) is 23.4 Å². The summed E-state index contributed by atoms with van der Waals surface area (Å²) in [6.45, 7) is -0.592. The fourth-order valence-electron chi connectivity index (χ4n) is 2.99. The van der Waals surface area contributed by atoms with Gasteiger partial charge in [0, 0.05) is 11.4 Å². The Balaban J connectivity index is 1.72. The van der Waals surface area contributed by atoms with Crippen LogP contribution >= 0.6 is 27.3 Å². The number of carbonyl (C=O) groups is 1. The number of carbonyl (C=O) groups excluding carboxylic acids is 1. The van der Waals surface area contributed by atoms with Crippen LogP contribution in [0, 0.1) is 0 Å². The third-order valence-electron chi connectivity index (χ3n) is 4.21. The van der Waals surface area contributed by atoms with E-state index >= 15 is 0 Å². The fraction of sp³-hybridized carbons (Fsp3) is 0.111. The number of thiophene rings is 1. The molecule has 1 amide bonds. The van der Waals surface area contributed by atoms with Gasteiger partial charge in [0.2, 0.25) is 5.91 Å². The van der Waals surface area contributed by atoms with Crippen LogP contribution in [0.15, 0.2) is 57.4 Å². The van der Waals surface area contributed by atoms with Crippen LogP contribution in [0.25, 0.3) is 16.6 Å². The summed E-state index contributed by atoms with van der Waals surface area (Å²) in [7, 11) is 0. The van der Waals surface area contributed by atoms with Gasteiger partial charge in [0.25, 0.3) is 5.56 Å². The smallest absolute Gasteiger partial charge is 0.314 e. The average Bonchev–Trinajstić information content (AvgIpc) is 3.32. The highest BCUT2D eigenvalue weighted by Crippen LogP contribution is 2.36. The van der Waals surface area contributed by atoms with Crippen molar-refractivity contribution in [3.05, 3.63) is 68.5 Å². The third-order valence-corrected chi connectivity index (χ3v) is 6.00. The normalized spacial score (nSPS) is 11.7. The van der Waals surface area contributed by atoms with E-state index in [1.807, 2.05) is 0 Å². The quantitative estimate of drug-likeness (QED) is 0.460. The average molecular weight is 498 g/mol. The lowest BCUT2D eigenvalue weighted by Gasteiger charge is -2.15. The Bertz CT molecular complexity index is 1300. The number of hydrogen-bond donors (Lipinski definition) is 1. The number of nitrogens with zero attached hydrogens (tertiary/aromatic N) is 4. The Kier molecular flexibility index (Phi) is 5.20. The molecule has 0 radical (unpaired) electrons. The molecule has 0 bridgehead atoms. The first-order valence-corrected chi connectivity index (χ1v) is 10.1. The van der Waals surface area contributed by atoms with Crippen molar-refractivity contribution in [2.24, 2.45) is 0 Å². The highest BCUT2D eigenvalue weighted by atomic mass is 79.9. The molecule has 12 heteroatoms. The number of aromatic nitrogens is 4. The number of hydrogen-bond acceptors (Lipinski definition) is 5. The number of rotatable bonds is 4. The first-order chi connectivity index (χ1) is 14.3. The van der Waals surface area contributed by atoms with Crippen molar-refractivity contribution in [1.29, 1.82) is 0 Å². The summed E-state index contributed by atoms with van der Waals surface area (Å²) < 4.78 is 41.9. The number of benzene rings is 1. The van der Waals surface area contributed by atoms with Crippen LogP contribution in [0.5, 0.6) is 0 Å². The molecule has 4 rings (SSSR count). The van der Waals surface area contributed by atoms with Gasteiger partial charge in [0.1, 0.15) is 17.2 Å². The molecular formula is C18H11BrF3N5O2S. The minimum Gasteiger partial charge on any atom is -0.314 e. The van der Waals surface area contributed by atoms with Crippen molar-refractivity contribution in [3.8, 4) is 5.69 Å². The van der Waals surface area contributed by atoms with E-state index in [4.69, 9.17) is 0 Å². The van der Waals surface area contributed by atoms with Crippen molar-refractivity contribution in [3.63, 3.8) is 0 Å². The Morgan fingerprint density at radius 3 is 2.60 bits per heavy atom. The number of amides is 1. The molecule has 3 aromatic heterocycles. The van der Waals surface area contributed by atoms with Gasteiger partial charge in [0.15, 0.2) is 0 Å². The van der Waals surface area contributed by atoms with Crippen LogP contribution in [-0.4, -0.2) is 25.5 Å². The molecule has 4 aromatic rings. The second kappa shape index (κ2) is 7.69. The van der Waals surface area contributed by atoms with E-state index in [0.29, 0.717) is 15.2 Å². The van der Waals surface area contributed by atoms with Gasteiger partial charge >= 0.3 is 6.18 Å². The predicted molar refractivity (Wildman–Crippen MR) is 109 cm³/mol. The minimum absolute atomic E-state index is 0.206. The first kappa shape index (κ1) is 20.3. The van der Waals surface area contributed by atoms with Gasteiger partial charge in [-0.15, -0.1) is 16.1 Å². The second-order valence-electron chi connectivity index (χ2n) is 6.13. The van der Waals surface area contributed by atoms with Crippen LogP contribution in [0.4, 0.5) is 18.2 Å². The summed E-state index contributed by atoms with van der Waals surface area (Å²) in [6.07, 6.45) is -1.75. The van der Waals surface area contributed by atoms with E-state index in [-0.39, 0.29) is 10.9 Å². The maximum Gasteiger partial charge on any atom is 0.418 e. The summed E-state index contributed by atoms with van der Waals surface area (Å²) in [5, 5.41) is 13.0. The first-order valence-electron chi connectivity index (χ1n) is 8.39. The lowest BCUT2D eigenvalue weighted by Crippen LogP contribution is -2.28. The van der Waals surface area contributed by atoms with Crippen LogP contribution in [0.2, 0.25) is 0 Å². The van der Waals surface area contributed by atoms with E-state index in [1.165, 1.54) is 46.7 Å². The standard InChI is InChI=1S/C18H11BrF3N5O2S/c19-12-9-30-17(16(12)27-23-6-7-24-27)25-13(28)8-26-14(29)5-4-10-2-1-3-11(15(10)26)18(20,21)22/h1-7,9H,8H2,(H,25,28). The predicted octanol–water partition coefficient (Wildman–Crippen LogP) is 4.06. The Hall–Kier alpha value is -2.99. The maximum atomic E-state index is 13.5. The van der Waals surface area contributed by atoms with Crippen molar-refractivity contribution in [2.45, 2.75) is 12.7 Å². The number of pyridine rings is 1. The topological polar surface area (TPSA) is 81.8 Å². The SMILES string of the molecule is O=C(Cn1c(=O)ccc2cccc(C(F)(F)F)c21)Nc1scc(Br)c1-n1nccn1. The van der Waals surface area contributed by atoms with Gasteiger partial charge in [-0.3, -0.25) is 14.2 Å². The van der Waals surface area contributed by atoms with E-state index in [2.05, 4.69) is 31.4 Å². The molecule has 154 valence electrons. The summed E-state index contributed by atoms with van der Waals surface area (Å²) in [4.78, 5) is 26.3. The van der Waals surface area contributed by atoms with Gasteiger partial charge in [-0.1, -0.05) is 12.1 Å². The molecule has 0 fully saturated rings. The molecule has 0 atom stereocenters. The minimum atomic E-state index is -4.68. The van der Waals surface area contributed by atoms with Gasteiger partial charge in [0.05, 0.1) is 27.9 Å². The zero-order valence-corrected chi connectivity index (χ0v) is 17.3. The molecule has 1 N–H and O–H groups in total. The van der Waals surface area contributed by atoms with Crippen molar-refractivity contribution in [1.82, 2.24) is 19.6 Å². The van der Waals surface area contributed by atoms with E-state index < -0.39 is 29.8 Å². The molecule has 0 aliphatic carbocycles. The molecule has 0 saturated heterocycles. The summed E-state index contributed by atoms with van der Waals surface area (Å²) in [5.41, 5.74) is -1.56. The number of para-hydroxylation sites is 1. The van der Waals surface area contributed by atoms with Crippen molar-refractivity contribution in [2.75, 3.05) is 5.32 Å². The highest BCUT2D eigenvalue weighted by Gasteiger charge is 2.34. The molecule has 0 spiro atoms. The number of halogens is 4. The lowest BCUT2D eigenvalue weighted by atomic mass is 10.1. The summed E-state index contributed by atoms with van der Waals surface area (Å²) >= 11 is 4.53. The highest BCUT2D eigenvalue weighted by molar-refractivity contribution is 9.10. The summed E-state index contributed by atoms with van der Waals surface area (Å²) in [5.74, 6) is -0.663. The third kappa shape index (κ3) is 3.75. The molecule has 0 saturated carbocycles. The van der Waals surface area contributed by atoms with Crippen LogP contribution in [0.3, 0.4) is 0 Å². The molecule has 0 unspecified atom stereocenters. The Morgan fingerprint density at radius 1 is 1.17 bits per heavy atom. The number of nitrogens with one attached hydrogen (secondary N) is 1. The van der Waals surface area contributed by atoms with Gasteiger partial charge < -0.3 is 5.32 Å². The molecule has 0 aliphatic rings. The second-order valence-corrected chi connectivity index (χ2v) is 7.86. The van der Waals surface area contributed by atoms with E-state index in [1.54, 1.807) is 5.38 Å². The van der Waals surface area contributed by atoms with Gasteiger partial charge in [-0.05, 0) is 33.4 Å². The van der Waals surface area contributed by atoms with Crippen molar-refractivity contribution >= 4 is 49.1 Å². The molecular weight excluding hydrogens is 487 g/mol. The van der Waals surface area contributed by atoms with E-state index in [9.17, 15) is 22.8 Å². The maximum absolute atomic E-state index is 13.5. The largest absolute Gasteiger partial charge is 0.418 e. The zero-order chi connectivity index (χ0) is 21.5. The number of fused-ring (bicyclic) bond motifs is 1. The zero-order valence-electron chi connectivity index (χ0n) is 14.9. The monoisotopic (exact) mass is 497 g/mol. The van der Waals surface area contributed by atoms with Crippen LogP contribution in [-0.2, 0) is 17.5 Å².